The van der Waals surface area contributed by atoms with Crippen LogP contribution in [0.5, 0.6) is 0 Å². The van der Waals surface area contributed by atoms with Crippen LogP contribution in [0.4, 0.5) is 0 Å². The minimum Gasteiger partial charge on any atom is -0.381 e. The Morgan fingerprint density at radius 2 is 1.76 bits per heavy atom. The Morgan fingerprint density at radius 1 is 1.12 bits per heavy atom. The number of hydrogen-bond donors (Lipinski definition) is 1. The first-order valence-electron chi connectivity index (χ1n) is 7.18. The predicted molar refractivity (Wildman–Crippen MR) is 76.4 cm³/mol. The lowest BCUT2D eigenvalue weighted by molar-refractivity contribution is 0.115. The van der Waals surface area contributed by atoms with E-state index in [2.05, 4.69) is 46.9 Å². The molecule has 0 aliphatic rings. The van der Waals surface area contributed by atoms with Gasteiger partial charge in [-0.2, -0.15) is 0 Å². The van der Waals surface area contributed by atoms with Crippen molar-refractivity contribution in [2.75, 3.05) is 19.8 Å². The minimum atomic E-state index is 0.222. The lowest BCUT2D eigenvalue weighted by Gasteiger charge is -2.26. The van der Waals surface area contributed by atoms with Gasteiger partial charge in [-0.1, -0.05) is 20.8 Å². The van der Waals surface area contributed by atoms with Crippen LogP contribution in [0.1, 0.15) is 60.8 Å². The van der Waals surface area contributed by atoms with Crippen LogP contribution in [-0.2, 0) is 4.74 Å². The number of nitrogens with one attached hydrogen (secondary N) is 1. The highest BCUT2D eigenvalue weighted by molar-refractivity contribution is 4.74. The zero-order chi connectivity index (χ0) is 13.3. The van der Waals surface area contributed by atoms with Crippen LogP contribution >= 0.6 is 0 Å². The van der Waals surface area contributed by atoms with Crippen LogP contribution in [0, 0.1) is 11.8 Å². The van der Waals surface area contributed by atoms with E-state index >= 15 is 0 Å². The Hall–Kier alpha value is -0.0800. The van der Waals surface area contributed by atoms with Crippen LogP contribution in [0.15, 0.2) is 0 Å². The van der Waals surface area contributed by atoms with E-state index in [0.717, 1.165) is 38.0 Å². The van der Waals surface area contributed by atoms with Gasteiger partial charge >= 0.3 is 0 Å². The highest BCUT2D eigenvalue weighted by Crippen LogP contribution is 2.16. The van der Waals surface area contributed by atoms with E-state index in [-0.39, 0.29) is 5.54 Å². The Labute approximate surface area is 109 Å². The van der Waals surface area contributed by atoms with Crippen molar-refractivity contribution < 1.29 is 4.74 Å². The zero-order valence-electron chi connectivity index (χ0n) is 12.8. The van der Waals surface area contributed by atoms with Crippen molar-refractivity contribution >= 4 is 0 Å². The summed E-state index contributed by atoms with van der Waals surface area (Å²) in [5, 5.41) is 3.61. The van der Waals surface area contributed by atoms with Crippen molar-refractivity contribution in [1.29, 1.82) is 0 Å². The van der Waals surface area contributed by atoms with Gasteiger partial charge in [0.15, 0.2) is 0 Å². The zero-order valence-corrected chi connectivity index (χ0v) is 12.8. The van der Waals surface area contributed by atoms with Crippen LogP contribution in [0.25, 0.3) is 0 Å². The van der Waals surface area contributed by atoms with E-state index in [0.29, 0.717) is 0 Å². The second-order valence-electron chi connectivity index (χ2n) is 6.53. The summed E-state index contributed by atoms with van der Waals surface area (Å²) in [5.74, 6) is 1.51. The monoisotopic (exact) mass is 243 g/mol. The Balaban J connectivity index is 3.88. The van der Waals surface area contributed by atoms with E-state index in [9.17, 15) is 0 Å². The van der Waals surface area contributed by atoms with Gasteiger partial charge in [0.25, 0.3) is 0 Å². The maximum atomic E-state index is 5.60. The molecule has 0 saturated heterocycles. The van der Waals surface area contributed by atoms with Crippen molar-refractivity contribution in [3.05, 3.63) is 0 Å². The molecule has 0 heterocycles. The first kappa shape index (κ1) is 16.9. The molecule has 0 spiro atoms. The minimum absolute atomic E-state index is 0.222. The van der Waals surface area contributed by atoms with Gasteiger partial charge in [-0.25, -0.2) is 0 Å². The number of ether oxygens (including phenoxy) is 1. The van der Waals surface area contributed by atoms with E-state index in [1.165, 1.54) is 12.8 Å². The smallest absolute Gasteiger partial charge is 0.0469 e. The molecule has 0 aromatic carbocycles. The molecule has 0 aliphatic heterocycles. The fourth-order valence-electron chi connectivity index (χ4n) is 1.92. The van der Waals surface area contributed by atoms with E-state index in [1.807, 2.05) is 0 Å². The van der Waals surface area contributed by atoms with E-state index < -0.39 is 0 Å². The fraction of sp³-hybridized carbons (Fsp3) is 1.00. The molecular formula is C15H33NO. The standard InChI is InChI=1S/C15H33NO/c1-7-9-17-10-8-14(11-13(2)3)12-16-15(4,5)6/h13-14,16H,7-12H2,1-6H3. The van der Waals surface area contributed by atoms with Crippen LogP contribution < -0.4 is 5.32 Å². The quantitative estimate of drug-likeness (QED) is 0.621. The summed E-state index contributed by atoms with van der Waals surface area (Å²) in [6.07, 6.45) is 3.59. The van der Waals surface area contributed by atoms with Gasteiger partial charge in [-0.15, -0.1) is 0 Å². The number of hydrogen-bond acceptors (Lipinski definition) is 2. The Morgan fingerprint density at radius 3 is 2.24 bits per heavy atom. The van der Waals surface area contributed by atoms with Gasteiger partial charge in [-0.05, 0) is 58.4 Å². The molecular weight excluding hydrogens is 210 g/mol. The normalized spacial score (nSPS) is 14.3. The molecule has 17 heavy (non-hydrogen) atoms. The van der Waals surface area contributed by atoms with Gasteiger partial charge in [0.05, 0.1) is 0 Å². The van der Waals surface area contributed by atoms with Crippen molar-refractivity contribution in [2.24, 2.45) is 11.8 Å². The highest BCUT2D eigenvalue weighted by Gasteiger charge is 2.15. The first-order valence-corrected chi connectivity index (χ1v) is 7.18. The topological polar surface area (TPSA) is 21.3 Å². The summed E-state index contributed by atoms with van der Waals surface area (Å²) >= 11 is 0. The van der Waals surface area contributed by atoms with Crippen molar-refractivity contribution in [1.82, 2.24) is 5.32 Å². The molecule has 2 heteroatoms. The molecule has 0 radical (unpaired) electrons. The van der Waals surface area contributed by atoms with Crippen LogP contribution in [-0.4, -0.2) is 25.3 Å². The SMILES string of the molecule is CCCOCCC(CNC(C)(C)C)CC(C)C. The van der Waals surface area contributed by atoms with E-state index in [4.69, 9.17) is 4.74 Å². The van der Waals surface area contributed by atoms with Crippen molar-refractivity contribution in [2.45, 2.75) is 66.3 Å². The Bertz CT molecular complexity index is 172. The average Bonchev–Trinajstić information content (AvgIpc) is 2.18. The molecule has 0 aliphatic carbocycles. The molecule has 0 aromatic rings. The molecule has 0 aromatic heterocycles. The summed E-state index contributed by atoms with van der Waals surface area (Å²) in [5.41, 5.74) is 0.222. The van der Waals surface area contributed by atoms with Crippen LogP contribution in [0.3, 0.4) is 0 Å². The predicted octanol–water partition coefficient (Wildman–Crippen LogP) is 3.85. The molecule has 0 rings (SSSR count). The summed E-state index contributed by atoms with van der Waals surface area (Å²) in [6, 6.07) is 0. The molecule has 0 bridgehead atoms. The molecule has 2 nitrogen and oxygen atoms in total. The van der Waals surface area contributed by atoms with Crippen molar-refractivity contribution in [3.8, 4) is 0 Å². The summed E-state index contributed by atoms with van der Waals surface area (Å²) in [7, 11) is 0. The van der Waals surface area contributed by atoms with E-state index in [1.54, 1.807) is 0 Å². The number of rotatable bonds is 9. The summed E-state index contributed by atoms with van der Waals surface area (Å²) in [4.78, 5) is 0. The maximum Gasteiger partial charge on any atom is 0.0469 e. The van der Waals surface area contributed by atoms with Gasteiger partial charge in [0, 0.05) is 18.8 Å². The molecule has 0 amide bonds. The second kappa shape index (κ2) is 8.93. The summed E-state index contributed by atoms with van der Waals surface area (Å²) < 4.78 is 5.60. The first-order chi connectivity index (χ1) is 7.85. The fourth-order valence-corrected chi connectivity index (χ4v) is 1.92. The molecule has 0 fully saturated rings. The van der Waals surface area contributed by atoms with Gasteiger partial charge < -0.3 is 10.1 Å². The summed E-state index contributed by atoms with van der Waals surface area (Å²) in [6.45, 7) is 16.4. The molecule has 1 atom stereocenters. The molecule has 1 N–H and O–H groups in total. The molecule has 104 valence electrons. The third-order valence-electron chi connectivity index (χ3n) is 2.74. The highest BCUT2D eigenvalue weighted by atomic mass is 16.5. The largest absolute Gasteiger partial charge is 0.381 e. The van der Waals surface area contributed by atoms with Gasteiger partial charge in [0.1, 0.15) is 0 Å². The average molecular weight is 243 g/mol. The van der Waals surface area contributed by atoms with Crippen molar-refractivity contribution in [3.63, 3.8) is 0 Å². The lowest BCUT2D eigenvalue weighted by Crippen LogP contribution is -2.39. The molecule has 0 saturated carbocycles. The van der Waals surface area contributed by atoms with Gasteiger partial charge in [-0.3, -0.25) is 0 Å². The van der Waals surface area contributed by atoms with Gasteiger partial charge in [0.2, 0.25) is 0 Å². The van der Waals surface area contributed by atoms with Crippen LogP contribution in [0.2, 0.25) is 0 Å². The Kier molecular flexibility index (Phi) is 8.89. The second-order valence-corrected chi connectivity index (χ2v) is 6.53. The third kappa shape index (κ3) is 12.2. The lowest BCUT2D eigenvalue weighted by atomic mass is 9.93. The maximum absolute atomic E-state index is 5.60. The molecule has 1 unspecified atom stereocenters. The third-order valence-corrected chi connectivity index (χ3v) is 2.74.